The fourth-order valence-electron chi connectivity index (χ4n) is 4.07. The average Bonchev–Trinajstić information content (AvgIpc) is 2.81. The van der Waals surface area contributed by atoms with Crippen LogP contribution in [0.4, 0.5) is 0 Å². The minimum atomic E-state index is -0.0536. The first-order valence-corrected chi connectivity index (χ1v) is 10.4. The molecule has 0 aromatic carbocycles. The minimum absolute atomic E-state index is 0.00778. The third-order valence-electron chi connectivity index (χ3n) is 5.82. The summed E-state index contributed by atoms with van der Waals surface area (Å²) in [6, 6.07) is 3.80. The molecule has 150 valence electrons. The highest BCUT2D eigenvalue weighted by Crippen LogP contribution is 2.21. The molecule has 1 aromatic rings. The van der Waals surface area contributed by atoms with E-state index in [1.165, 1.54) is 0 Å². The number of rotatable bonds is 4. The van der Waals surface area contributed by atoms with Crippen molar-refractivity contribution in [2.45, 2.75) is 77.3 Å². The van der Waals surface area contributed by atoms with Crippen LogP contribution in [0.2, 0.25) is 0 Å². The van der Waals surface area contributed by atoms with Crippen LogP contribution >= 0.6 is 0 Å². The van der Waals surface area contributed by atoms with Crippen molar-refractivity contribution in [3.63, 3.8) is 0 Å². The van der Waals surface area contributed by atoms with Gasteiger partial charge in [0.05, 0.1) is 5.69 Å². The van der Waals surface area contributed by atoms with E-state index < -0.39 is 0 Å². The molecule has 2 aliphatic rings. The van der Waals surface area contributed by atoms with Crippen molar-refractivity contribution in [1.82, 2.24) is 20.0 Å². The van der Waals surface area contributed by atoms with E-state index in [2.05, 4.69) is 36.1 Å². The predicted octanol–water partition coefficient (Wildman–Crippen LogP) is 2.31. The van der Waals surface area contributed by atoms with Gasteiger partial charge in [-0.2, -0.15) is 5.10 Å². The summed E-state index contributed by atoms with van der Waals surface area (Å²) in [6.07, 6.45) is 6.07. The molecule has 0 aliphatic carbocycles. The zero-order chi connectivity index (χ0) is 19.4. The SMILES string of the molecule is CC(C)(C)c1ccc(=O)n(CC2CCN(CC3CCCCC(=O)N3)CC2)n1. The molecule has 2 fully saturated rings. The summed E-state index contributed by atoms with van der Waals surface area (Å²) in [5.41, 5.74) is 0.900. The molecular formula is C21H34N4O2. The maximum Gasteiger partial charge on any atom is 0.266 e. The fourth-order valence-corrected chi connectivity index (χ4v) is 4.07. The summed E-state index contributed by atoms with van der Waals surface area (Å²) in [6.45, 7) is 10.1. The summed E-state index contributed by atoms with van der Waals surface area (Å²) < 4.78 is 1.66. The summed E-state index contributed by atoms with van der Waals surface area (Å²) >= 11 is 0. The van der Waals surface area contributed by atoms with Crippen molar-refractivity contribution in [3.8, 4) is 0 Å². The van der Waals surface area contributed by atoms with Crippen LogP contribution in [0.15, 0.2) is 16.9 Å². The van der Waals surface area contributed by atoms with Crippen LogP contribution in [-0.2, 0) is 16.8 Å². The quantitative estimate of drug-likeness (QED) is 0.878. The van der Waals surface area contributed by atoms with Crippen molar-refractivity contribution in [3.05, 3.63) is 28.2 Å². The van der Waals surface area contributed by atoms with Crippen LogP contribution in [-0.4, -0.2) is 46.3 Å². The van der Waals surface area contributed by atoms with Gasteiger partial charge in [-0.05, 0) is 50.8 Å². The molecule has 0 spiro atoms. The van der Waals surface area contributed by atoms with Crippen LogP contribution in [0.1, 0.15) is 65.0 Å². The van der Waals surface area contributed by atoms with Gasteiger partial charge in [0.1, 0.15) is 0 Å². The van der Waals surface area contributed by atoms with Crippen molar-refractivity contribution < 1.29 is 4.79 Å². The minimum Gasteiger partial charge on any atom is -0.352 e. The summed E-state index contributed by atoms with van der Waals surface area (Å²) in [4.78, 5) is 26.4. The first-order valence-electron chi connectivity index (χ1n) is 10.4. The Bertz CT molecular complexity index is 699. The summed E-state index contributed by atoms with van der Waals surface area (Å²) in [7, 11) is 0. The number of carbonyl (C=O) groups excluding carboxylic acids is 1. The van der Waals surface area contributed by atoms with Gasteiger partial charge in [0.2, 0.25) is 5.91 Å². The monoisotopic (exact) mass is 374 g/mol. The highest BCUT2D eigenvalue weighted by atomic mass is 16.1. The second-order valence-corrected chi connectivity index (χ2v) is 9.24. The Morgan fingerprint density at radius 2 is 1.81 bits per heavy atom. The normalized spacial score (nSPS) is 23.1. The molecule has 3 heterocycles. The van der Waals surface area contributed by atoms with E-state index in [0.29, 0.717) is 24.9 Å². The lowest BCUT2D eigenvalue weighted by molar-refractivity contribution is -0.121. The van der Waals surface area contributed by atoms with E-state index in [9.17, 15) is 9.59 Å². The van der Waals surface area contributed by atoms with Crippen LogP contribution < -0.4 is 10.9 Å². The Labute approximate surface area is 162 Å². The van der Waals surface area contributed by atoms with Gasteiger partial charge in [0, 0.05) is 37.0 Å². The highest BCUT2D eigenvalue weighted by molar-refractivity contribution is 5.76. The Morgan fingerprint density at radius 3 is 2.52 bits per heavy atom. The first-order chi connectivity index (χ1) is 12.8. The molecule has 1 unspecified atom stereocenters. The molecule has 1 atom stereocenters. The van der Waals surface area contributed by atoms with E-state index in [1.807, 2.05) is 6.07 Å². The second kappa shape index (κ2) is 8.55. The van der Waals surface area contributed by atoms with E-state index in [0.717, 1.165) is 57.4 Å². The van der Waals surface area contributed by atoms with E-state index in [4.69, 9.17) is 0 Å². The van der Waals surface area contributed by atoms with Crippen LogP contribution in [0.3, 0.4) is 0 Å². The second-order valence-electron chi connectivity index (χ2n) is 9.24. The highest BCUT2D eigenvalue weighted by Gasteiger charge is 2.25. The molecule has 6 heteroatoms. The average molecular weight is 375 g/mol. The van der Waals surface area contributed by atoms with Gasteiger partial charge in [-0.25, -0.2) is 4.68 Å². The van der Waals surface area contributed by atoms with Crippen molar-refractivity contribution in [2.24, 2.45) is 5.92 Å². The number of aromatic nitrogens is 2. The Hall–Kier alpha value is -1.69. The van der Waals surface area contributed by atoms with E-state index >= 15 is 0 Å². The number of hydrogen-bond acceptors (Lipinski definition) is 4. The van der Waals surface area contributed by atoms with Gasteiger partial charge >= 0.3 is 0 Å². The summed E-state index contributed by atoms with van der Waals surface area (Å²) in [5.74, 6) is 0.696. The topological polar surface area (TPSA) is 67.2 Å². The fraction of sp³-hybridized carbons (Fsp3) is 0.762. The smallest absolute Gasteiger partial charge is 0.266 e. The lowest BCUT2D eigenvalue weighted by atomic mass is 9.92. The maximum atomic E-state index is 12.2. The molecule has 1 aromatic heterocycles. The zero-order valence-electron chi connectivity index (χ0n) is 17.0. The lowest BCUT2D eigenvalue weighted by Gasteiger charge is -2.34. The van der Waals surface area contributed by atoms with E-state index in [-0.39, 0.29) is 16.9 Å². The van der Waals surface area contributed by atoms with Gasteiger partial charge in [-0.1, -0.05) is 27.2 Å². The molecule has 0 bridgehead atoms. The standard InChI is InChI=1S/C21H34N4O2/c1-21(2,3)18-8-9-20(27)25(23-18)14-16-10-12-24(13-11-16)15-17-6-4-5-7-19(26)22-17/h8-9,16-17H,4-7,10-15H2,1-3H3,(H,22,26). The van der Waals surface area contributed by atoms with Crippen molar-refractivity contribution >= 4 is 5.91 Å². The molecule has 3 rings (SSSR count). The van der Waals surface area contributed by atoms with Gasteiger partial charge in [0.25, 0.3) is 5.56 Å². The van der Waals surface area contributed by atoms with Crippen LogP contribution in [0, 0.1) is 5.92 Å². The number of carbonyl (C=O) groups is 1. The number of hydrogen-bond donors (Lipinski definition) is 1. The third-order valence-corrected chi connectivity index (χ3v) is 5.82. The molecule has 2 aliphatic heterocycles. The Kier molecular flexibility index (Phi) is 6.35. The molecule has 1 N–H and O–H groups in total. The van der Waals surface area contributed by atoms with Crippen molar-refractivity contribution in [2.75, 3.05) is 19.6 Å². The largest absolute Gasteiger partial charge is 0.352 e. The molecule has 0 saturated carbocycles. The van der Waals surface area contributed by atoms with Gasteiger partial charge in [-0.3, -0.25) is 9.59 Å². The van der Waals surface area contributed by atoms with Gasteiger partial charge < -0.3 is 10.2 Å². The predicted molar refractivity (Wildman–Crippen MR) is 107 cm³/mol. The van der Waals surface area contributed by atoms with Crippen molar-refractivity contribution in [1.29, 1.82) is 0 Å². The zero-order valence-corrected chi connectivity index (χ0v) is 17.0. The van der Waals surface area contributed by atoms with Gasteiger partial charge in [0.15, 0.2) is 0 Å². The number of nitrogens with one attached hydrogen (secondary N) is 1. The number of likely N-dealkylation sites (tertiary alicyclic amines) is 1. The maximum absolute atomic E-state index is 12.2. The van der Waals surface area contributed by atoms with Gasteiger partial charge in [-0.15, -0.1) is 0 Å². The van der Waals surface area contributed by atoms with E-state index in [1.54, 1.807) is 10.7 Å². The third kappa shape index (κ3) is 5.64. The number of nitrogens with zero attached hydrogens (tertiary/aromatic N) is 3. The molecule has 0 radical (unpaired) electrons. The summed E-state index contributed by atoms with van der Waals surface area (Å²) in [5, 5.41) is 7.78. The van der Waals surface area contributed by atoms with Crippen LogP contribution in [0.5, 0.6) is 0 Å². The first kappa shape index (κ1) is 20.1. The number of piperidine rings is 1. The molecular weight excluding hydrogens is 340 g/mol. The Balaban J connectivity index is 1.52. The number of amides is 1. The molecule has 27 heavy (non-hydrogen) atoms. The molecule has 2 saturated heterocycles. The van der Waals surface area contributed by atoms with Crippen LogP contribution in [0.25, 0.3) is 0 Å². The Morgan fingerprint density at radius 1 is 1.07 bits per heavy atom. The molecule has 1 amide bonds. The lowest BCUT2D eigenvalue weighted by Crippen LogP contribution is -2.46. The molecule has 6 nitrogen and oxygen atoms in total.